The lowest BCUT2D eigenvalue weighted by Crippen LogP contribution is -2.14. The molecule has 19 heavy (non-hydrogen) atoms. The van der Waals surface area contributed by atoms with Crippen LogP contribution in [0.25, 0.3) is 0 Å². The molecule has 0 fully saturated rings. The standard InChI is InChI=1S/C13H15N3O3/c1-2-19-10-6-4-3-5-9(10)7-14-11-12(17)15-8-16-13(11)18/h3-6,8,14H,2,7H2,1H3,(H2,15,16,17,18). The van der Waals surface area contributed by atoms with Gasteiger partial charge in [-0.15, -0.1) is 0 Å². The summed E-state index contributed by atoms with van der Waals surface area (Å²) in [7, 11) is 0. The average molecular weight is 261 g/mol. The molecule has 6 nitrogen and oxygen atoms in total. The number of ether oxygens (including phenoxy) is 1. The van der Waals surface area contributed by atoms with Gasteiger partial charge in [0.2, 0.25) is 5.88 Å². The Morgan fingerprint density at radius 3 is 2.95 bits per heavy atom. The maximum Gasteiger partial charge on any atom is 0.278 e. The van der Waals surface area contributed by atoms with Crippen LogP contribution in [0.15, 0.2) is 35.4 Å². The van der Waals surface area contributed by atoms with E-state index in [1.165, 1.54) is 0 Å². The lowest BCUT2D eigenvalue weighted by atomic mass is 10.2. The summed E-state index contributed by atoms with van der Waals surface area (Å²) in [5, 5.41) is 12.4. The van der Waals surface area contributed by atoms with E-state index in [4.69, 9.17) is 4.74 Å². The molecule has 6 heteroatoms. The monoisotopic (exact) mass is 261 g/mol. The van der Waals surface area contributed by atoms with Crippen LogP contribution in [-0.4, -0.2) is 21.7 Å². The lowest BCUT2D eigenvalue weighted by Gasteiger charge is -2.11. The number of hydrogen-bond acceptors (Lipinski definition) is 5. The molecule has 0 unspecified atom stereocenters. The van der Waals surface area contributed by atoms with Gasteiger partial charge in [-0.1, -0.05) is 18.2 Å². The van der Waals surface area contributed by atoms with Gasteiger partial charge >= 0.3 is 0 Å². The van der Waals surface area contributed by atoms with Gasteiger partial charge in [-0.05, 0) is 13.0 Å². The summed E-state index contributed by atoms with van der Waals surface area (Å²) < 4.78 is 5.48. The first-order chi connectivity index (χ1) is 9.22. The van der Waals surface area contributed by atoms with Gasteiger partial charge in [0.25, 0.3) is 5.56 Å². The molecule has 0 aliphatic carbocycles. The van der Waals surface area contributed by atoms with E-state index in [1.807, 2.05) is 31.2 Å². The number of hydrogen-bond donors (Lipinski definition) is 3. The Labute approximate surface area is 110 Å². The smallest absolute Gasteiger partial charge is 0.278 e. The summed E-state index contributed by atoms with van der Waals surface area (Å²) in [4.78, 5) is 17.5. The molecule has 0 atom stereocenters. The zero-order valence-electron chi connectivity index (χ0n) is 10.5. The first-order valence-corrected chi connectivity index (χ1v) is 5.93. The molecule has 0 bridgehead atoms. The summed E-state index contributed by atoms with van der Waals surface area (Å²) in [5.41, 5.74) is 0.530. The molecule has 0 radical (unpaired) electrons. The third kappa shape index (κ3) is 3.04. The number of H-pyrrole nitrogens is 1. The third-order valence-electron chi connectivity index (χ3n) is 2.56. The molecule has 100 valence electrons. The van der Waals surface area contributed by atoms with Crippen LogP contribution in [-0.2, 0) is 6.54 Å². The number of benzene rings is 1. The molecule has 1 aromatic heterocycles. The molecule has 2 aromatic rings. The molecular weight excluding hydrogens is 246 g/mol. The van der Waals surface area contributed by atoms with Crippen LogP contribution in [0.1, 0.15) is 12.5 Å². The van der Waals surface area contributed by atoms with E-state index >= 15 is 0 Å². The SMILES string of the molecule is CCOc1ccccc1CNc1c(O)nc[nH]c1=O. The molecule has 0 aliphatic rings. The summed E-state index contributed by atoms with van der Waals surface area (Å²) in [6.45, 7) is 2.83. The molecule has 0 saturated heterocycles. The van der Waals surface area contributed by atoms with Gasteiger partial charge in [0.1, 0.15) is 5.75 Å². The number of anilines is 1. The Morgan fingerprint density at radius 1 is 1.42 bits per heavy atom. The number of nitrogens with zero attached hydrogens (tertiary/aromatic N) is 1. The molecule has 2 rings (SSSR count). The summed E-state index contributed by atoms with van der Waals surface area (Å²) in [6, 6.07) is 7.50. The van der Waals surface area contributed by atoms with E-state index < -0.39 is 5.56 Å². The van der Waals surface area contributed by atoms with Crippen molar-refractivity contribution < 1.29 is 9.84 Å². The minimum absolute atomic E-state index is 0.0498. The summed E-state index contributed by atoms with van der Waals surface area (Å²) in [6.07, 6.45) is 1.15. The normalized spacial score (nSPS) is 10.2. The highest BCUT2D eigenvalue weighted by atomic mass is 16.5. The fourth-order valence-corrected chi connectivity index (χ4v) is 1.68. The molecular formula is C13H15N3O3. The minimum Gasteiger partial charge on any atom is -0.494 e. The van der Waals surface area contributed by atoms with E-state index in [1.54, 1.807) is 0 Å². The first-order valence-electron chi connectivity index (χ1n) is 5.93. The second kappa shape index (κ2) is 5.90. The van der Waals surface area contributed by atoms with Crippen LogP contribution in [0.4, 0.5) is 5.69 Å². The van der Waals surface area contributed by atoms with Crippen molar-refractivity contribution in [3.8, 4) is 11.6 Å². The minimum atomic E-state index is -0.415. The predicted molar refractivity (Wildman–Crippen MR) is 71.5 cm³/mol. The molecule has 0 spiro atoms. The third-order valence-corrected chi connectivity index (χ3v) is 2.56. The Balaban J connectivity index is 2.17. The highest BCUT2D eigenvalue weighted by molar-refractivity contribution is 5.50. The molecule has 0 amide bonds. The van der Waals surface area contributed by atoms with Crippen LogP contribution in [0, 0.1) is 0 Å². The number of aromatic nitrogens is 2. The highest BCUT2D eigenvalue weighted by Gasteiger charge is 2.08. The maximum absolute atomic E-state index is 11.5. The topological polar surface area (TPSA) is 87.2 Å². The van der Waals surface area contributed by atoms with E-state index in [2.05, 4.69) is 15.3 Å². The van der Waals surface area contributed by atoms with Crippen molar-refractivity contribution >= 4 is 5.69 Å². The lowest BCUT2D eigenvalue weighted by molar-refractivity contribution is 0.337. The zero-order chi connectivity index (χ0) is 13.7. The molecule has 0 saturated carbocycles. The van der Waals surface area contributed by atoms with Crippen molar-refractivity contribution in [1.29, 1.82) is 0 Å². The van der Waals surface area contributed by atoms with Crippen molar-refractivity contribution in [2.75, 3.05) is 11.9 Å². The quantitative estimate of drug-likeness (QED) is 0.759. The highest BCUT2D eigenvalue weighted by Crippen LogP contribution is 2.20. The van der Waals surface area contributed by atoms with E-state index in [0.29, 0.717) is 13.2 Å². The van der Waals surface area contributed by atoms with Crippen molar-refractivity contribution in [2.24, 2.45) is 0 Å². The molecule has 1 heterocycles. The Bertz CT molecular complexity index is 610. The molecule has 1 aromatic carbocycles. The largest absolute Gasteiger partial charge is 0.494 e. The fraction of sp³-hybridized carbons (Fsp3) is 0.231. The van der Waals surface area contributed by atoms with Crippen LogP contribution >= 0.6 is 0 Å². The summed E-state index contributed by atoms with van der Waals surface area (Å²) in [5.74, 6) is 0.426. The van der Waals surface area contributed by atoms with Gasteiger partial charge in [0.15, 0.2) is 5.69 Å². The van der Waals surface area contributed by atoms with Crippen molar-refractivity contribution in [2.45, 2.75) is 13.5 Å². The van der Waals surface area contributed by atoms with Crippen molar-refractivity contribution in [3.63, 3.8) is 0 Å². The van der Waals surface area contributed by atoms with E-state index in [9.17, 15) is 9.90 Å². The Morgan fingerprint density at radius 2 is 2.21 bits per heavy atom. The van der Waals surface area contributed by atoms with Gasteiger partial charge in [-0.2, -0.15) is 0 Å². The van der Waals surface area contributed by atoms with Gasteiger partial charge in [0, 0.05) is 12.1 Å². The van der Waals surface area contributed by atoms with Crippen LogP contribution in [0.2, 0.25) is 0 Å². The van der Waals surface area contributed by atoms with Gasteiger partial charge in [0.05, 0.1) is 12.9 Å². The maximum atomic E-state index is 11.5. The average Bonchev–Trinajstić information content (AvgIpc) is 2.40. The van der Waals surface area contributed by atoms with Crippen LogP contribution < -0.4 is 15.6 Å². The van der Waals surface area contributed by atoms with E-state index in [0.717, 1.165) is 17.6 Å². The van der Waals surface area contributed by atoms with Gasteiger partial charge in [-0.25, -0.2) is 4.98 Å². The predicted octanol–water partition coefficient (Wildman–Crippen LogP) is 1.49. The Hall–Kier alpha value is -2.50. The zero-order valence-corrected chi connectivity index (χ0v) is 10.5. The Kier molecular flexibility index (Phi) is 4.02. The molecule has 0 aliphatic heterocycles. The first kappa shape index (κ1) is 12.9. The van der Waals surface area contributed by atoms with Crippen LogP contribution in [0.5, 0.6) is 11.6 Å². The van der Waals surface area contributed by atoms with Gasteiger partial charge < -0.3 is 20.1 Å². The van der Waals surface area contributed by atoms with E-state index in [-0.39, 0.29) is 11.6 Å². The fourth-order valence-electron chi connectivity index (χ4n) is 1.68. The second-order valence-electron chi connectivity index (χ2n) is 3.82. The number of aromatic hydroxyl groups is 1. The number of nitrogens with one attached hydrogen (secondary N) is 2. The summed E-state index contributed by atoms with van der Waals surface area (Å²) >= 11 is 0. The van der Waals surface area contributed by atoms with Gasteiger partial charge in [-0.3, -0.25) is 4.79 Å². The molecule has 3 N–H and O–H groups in total. The number of rotatable bonds is 5. The number of para-hydroxylation sites is 1. The second-order valence-corrected chi connectivity index (χ2v) is 3.82. The van der Waals surface area contributed by atoms with Crippen molar-refractivity contribution in [3.05, 3.63) is 46.5 Å². The van der Waals surface area contributed by atoms with Crippen molar-refractivity contribution in [1.82, 2.24) is 9.97 Å². The number of aromatic amines is 1. The van der Waals surface area contributed by atoms with Crippen LogP contribution in [0.3, 0.4) is 0 Å².